The Kier molecular flexibility index (Phi) is 4.83. The fourth-order valence-electron chi connectivity index (χ4n) is 3.36. The smallest absolute Gasteiger partial charge is 0.323 e. The van der Waals surface area contributed by atoms with E-state index in [1.807, 2.05) is 50.3 Å². The summed E-state index contributed by atoms with van der Waals surface area (Å²) in [6.45, 7) is 5.51. The number of carbonyl (C=O) groups excluding carboxylic acids is 1. The molecule has 0 radical (unpaired) electrons. The minimum atomic E-state index is -0.0583. The van der Waals surface area contributed by atoms with Gasteiger partial charge in [-0.2, -0.15) is 0 Å². The van der Waals surface area contributed by atoms with Crippen LogP contribution in [-0.4, -0.2) is 38.6 Å². The van der Waals surface area contributed by atoms with Crippen molar-refractivity contribution in [3.63, 3.8) is 0 Å². The molecule has 3 rings (SSSR count). The zero-order chi connectivity index (χ0) is 17.1. The van der Waals surface area contributed by atoms with Crippen LogP contribution in [0.2, 0.25) is 0 Å². The third-order valence-electron chi connectivity index (χ3n) is 4.53. The van der Waals surface area contributed by atoms with E-state index in [2.05, 4.69) is 19.9 Å². The van der Waals surface area contributed by atoms with Gasteiger partial charge in [0.15, 0.2) is 0 Å². The highest BCUT2D eigenvalue weighted by Crippen LogP contribution is 2.21. The number of nitrogens with one attached hydrogen (secondary N) is 1. The molecule has 2 aromatic heterocycles. The second kappa shape index (κ2) is 7.03. The van der Waals surface area contributed by atoms with Gasteiger partial charge < -0.3 is 9.47 Å². The number of carbonyl (C=O) groups is 1. The number of amides is 2. The molecule has 128 valence electrons. The van der Waals surface area contributed by atoms with Gasteiger partial charge in [0.05, 0.1) is 0 Å². The first-order valence-electron chi connectivity index (χ1n) is 8.48. The highest BCUT2D eigenvalue weighted by atomic mass is 16.2. The first-order valence-corrected chi connectivity index (χ1v) is 8.48. The van der Waals surface area contributed by atoms with Crippen LogP contribution in [0, 0.1) is 19.8 Å². The van der Waals surface area contributed by atoms with E-state index >= 15 is 0 Å². The summed E-state index contributed by atoms with van der Waals surface area (Å²) < 4.78 is 2.05. The van der Waals surface area contributed by atoms with Crippen LogP contribution in [0.15, 0.2) is 24.5 Å². The molecule has 1 fully saturated rings. The lowest BCUT2D eigenvalue weighted by Gasteiger charge is -2.32. The van der Waals surface area contributed by atoms with Crippen molar-refractivity contribution < 1.29 is 4.79 Å². The summed E-state index contributed by atoms with van der Waals surface area (Å²) >= 11 is 0. The van der Waals surface area contributed by atoms with Gasteiger partial charge in [-0.1, -0.05) is 0 Å². The van der Waals surface area contributed by atoms with E-state index in [1.54, 1.807) is 0 Å². The molecule has 2 amide bonds. The van der Waals surface area contributed by atoms with E-state index in [4.69, 9.17) is 0 Å². The van der Waals surface area contributed by atoms with E-state index in [9.17, 15) is 4.79 Å². The van der Waals surface area contributed by atoms with Gasteiger partial charge in [0.25, 0.3) is 0 Å². The molecule has 1 aliphatic rings. The van der Waals surface area contributed by atoms with Gasteiger partial charge >= 0.3 is 6.03 Å². The quantitative estimate of drug-likeness (QED) is 0.943. The van der Waals surface area contributed by atoms with Gasteiger partial charge in [0.1, 0.15) is 11.6 Å². The van der Waals surface area contributed by atoms with Crippen LogP contribution >= 0.6 is 0 Å². The molecular formula is C18H25N5O. The molecule has 6 nitrogen and oxygen atoms in total. The van der Waals surface area contributed by atoms with Crippen LogP contribution in [0.1, 0.15) is 29.9 Å². The van der Waals surface area contributed by atoms with E-state index in [0.717, 1.165) is 49.4 Å². The molecule has 0 aromatic carbocycles. The summed E-state index contributed by atoms with van der Waals surface area (Å²) in [4.78, 5) is 23.2. The number of aromatic nitrogens is 3. The van der Waals surface area contributed by atoms with Crippen LogP contribution in [0.3, 0.4) is 0 Å². The standard InChI is InChI=1S/C18H25N5O/c1-13-9-14(2)20-16(10-13)21-18(24)23-7-4-5-15(12-23)11-17-19-6-8-22(17)3/h6,8-10,15H,4-5,7,11-12H2,1-3H3,(H,20,21,24)/t15-/m1/s1. The number of likely N-dealkylation sites (tertiary alicyclic amines) is 1. The first-order chi connectivity index (χ1) is 11.5. The molecule has 1 saturated heterocycles. The molecule has 0 unspecified atom stereocenters. The third-order valence-corrected chi connectivity index (χ3v) is 4.53. The van der Waals surface area contributed by atoms with Crippen LogP contribution < -0.4 is 5.32 Å². The predicted molar refractivity (Wildman–Crippen MR) is 93.9 cm³/mol. The topological polar surface area (TPSA) is 63.1 Å². The van der Waals surface area contributed by atoms with Gasteiger partial charge in [-0.15, -0.1) is 0 Å². The molecule has 0 saturated carbocycles. The number of hydrogen-bond acceptors (Lipinski definition) is 3. The highest BCUT2D eigenvalue weighted by molar-refractivity contribution is 5.88. The number of rotatable bonds is 3. The predicted octanol–water partition coefficient (Wildman–Crippen LogP) is 2.92. The lowest BCUT2D eigenvalue weighted by molar-refractivity contribution is 0.176. The second-order valence-electron chi connectivity index (χ2n) is 6.71. The van der Waals surface area contributed by atoms with Crippen molar-refractivity contribution in [1.29, 1.82) is 0 Å². The van der Waals surface area contributed by atoms with Crippen molar-refractivity contribution in [2.45, 2.75) is 33.1 Å². The average molecular weight is 327 g/mol. The van der Waals surface area contributed by atoms with Crippen molar-refractivity contribution in [1.82, 2.24) is 19.4 Å². The van der Waals surface area contributed by atoms with E-state index in [0.29, 0.717) is 11.7 Å². The molecule has 0 aliphatic carbocycles. The Morgan fingerprint density at radius 1 is 1.38 bits per heavy atom. The fraction of sp³-hybridized carbons (Fsp3) is 0.500. The Labute approximate surface area is 142 Å². The van der Waals surface area contributed by atoms with Gasteiger partial charge in [-0.05, 0) is 50.3 Å². The Balaban J connectivity index is 1.61. The first kappa shape index (κ1) is 16.5. The van der Waals surface area contributed by atoms with Crippen molar-refractivity contribution in [3.8, 4) is 0 Å². The Morgan fingerprint density at radius 3 is 2.92 bits per heavy atom. The van der Waals surface area contributed by atoms with E-state index < -0.39 is 0 Å². The molecular weight excluding hydrogens is 302 g/mol. The van der Waals surface area contributed by atoms with Crippen molar-refractivity contribution in [2.75, 3.05) is 18.4 Å². The molecule has 1 atom stereocenters. The summed E-state index contributed by atoms with van der Waals surface area (Å²) in [5, 5.41) is 2.94. The molecule has 0 bridgehead atoms. The largest absolute Gasteiger partial charge is 0.338 e. The van der Waals surface area contributed by atoms with Gasteiger partial charge in [0, 0.05) is 44.6 Å². The van der Waals surface area contributed by atoms with Crippen LogP contribution in [-0.2, 0) is 13.5 Å². The molecule has 1 aliphatic heterocycles. The van der Waals surface area contributed by atoms with Crippen molar-refractivity contribution >= 4 is 11.8 Å². The molecule has 3 heterocycles. The number of imidazole rings is 1. The molecule has 1 N–H and O–H groups in total. The van der Waals surface area contributed by atoms with Gasteiger partial charge in [-0.25, -0.2) is 14.8 Å². The maximum atomic E-state index is 12.6. The number of pyridine rings is 1. The minimum absolute atomic E-state index is 0.0583. The van der Waals surface area contributed by atoms with E-state index in [1.165, 1.54) is 0 Å². The summed E-state index contributed by atoms with van der Waals surface area (Å²) in [7, 11) is 2.02. The maximum absolute atomic E-state index is 12.6. The fourth-order valence-corrected chi connectivity index (χ4v) is 3.36. The lowest BCUT2D eigenvalue weighted by atomic mass is 9.94. The van der Waals surface area contributed by atoms with E-state index in [-0.39, 0.29) is 6.03 Å². The van der Waals surface area contributed by atoms with Crippen LogP contribution in [0.4, 0.5) is 10.6 Å². The zero-order valence-corrected chi connectivity index (χ0v) is 14.6. The lowest BCUT2D eigenvalue weighted by Crippen LogP contribution is -2.43. The molecule has 2 aromatic rings. The van der Waals surface area contributed by atoms with Crippen LogP contribution in [0.5, 0.6) is 0 Å². The van der Waals surface area contributed by atoms with Gasteiger partial charge in [-0.3, -0.25) is 5.32 Å². The second-order valence-corrected chi connectivity index (χ2v) is 6.71. The zero-order valence-electron chi connectivity index (χ0n) is 14.6. The normalized spacial score (nSPS) is 17.8. The highest BCUT2D eigenvalue weighted by Gasteiger charge is 2.25. The monoisotopic (exact) mass is 327 g/mol. The summed E-state index contributed by atoms with van der Waals surface area (Å²) in [6.07, 6.45) is 6.87. The van der Waals surface area contributed by atoms with Crippen molar-refractivity contribution in [2.24, 2.45) is 13.0 Å². The number of hydrogen-bond donors (Lipinski definition) is 1. The number of urea groups is 1. The van der Waals surface area contributed by atoms with Gasteiger partial charge in [0.2, 0.25) is 0 Å². The number of anilines is 1. The SMILES string of the molecule is Cc1cc(C)nc(NC(=O)N2CCC[C@H](Cc3nccn3C)C2)c1. The molecule has 6 heteroatoms. The number of piperidine rings is 1. The van der Waals surface area contributed by atoms with Crippen LogP contribution in [0.25, 0.3) is 0 Å². The number of nitrogens with zero attached hydrogens (tertiary/aromatic N) is 4. The Hall–Kier alpha value is -2.37. The Bertz CT molecular complexity index is 704. The number of aryl methyl sites for hydroxylation is 3. The average Bonchev–Trinajstić information content (AvgIpc) is 2.91. The third kappa shape index (κ3) is 3.93. The maximum Gasteiger partial charge on any atom is 0.323 e. The summed E-state index contributed by atoms with van der Waals surface area (Å²) in [5.74, 6) is 2.17. The molecule has 0 spiro atoms. The van der Waals surface area contributed by atoms with Crippen molar-refractivity contribution in [3.05, 3.63) is 41.6 Å². The minimum Gasteiger partial charge on any atom is -0.338 e. The Morgan fingerprint density at radius 2 is 2.21 bits per heavy atom. The summed E-state index contributed by atoms with van der Waals surface area (Å²) in [5.41, 5.74) is 2.01. The molecule has 24 heavy (non-hydrogen) atoms. The summed E-state index contributed by atoms with van der Waals surface area (Å²) in [6, 6.07) is 3.84.